The van der Waals surface area contributed by atoms with Crippen LogP contribution in [0.3, 0.4) is 0 Å². The van der Waals surface area contributed by atoms with Crippen molar-refractivity contribution in [1.29, 1.82) is 0 Å². The minimum Gasteiger partial charge on any atom is -0.452 e. The Morgan fingerprint density at radius 2 is 1.67 bits per heavy atom. The van der Waals surface area contributed by atoms with Crippen LogP contribution in [0.1, 0.15) is 29.6 Å². The van der Waals surface area contributed by atoms with Crippen molar-refractivity contribution >= 4 is 27.6 Å². The second kappa shape index (κ2) is 9.31. The van der Waals surface area contributed by atoms with Crippen LogP contribution in [0.15, 0.2) is 47.4 Å². The average molecular weight is 438 g/mol. The van der Waals surface area contributed by atoms with Crippen LogP contribution in [0.4, 0.5) is 14.5 Å². The van der Waals surface area contributed by atoms with E-state index in [1.54, 1.807) is 0 Å². The predicted octanol–water partition coefficient (Wildman–Crippen LogP) is 2.93. The summed E-state index contributed by atoms with van der Waals surface area (Å²) in [5.74, 6) is -3.40. The SMILES string of the molecule is O=C(COC(=O)c1ccc(S(=O)(=O)N2CCCCC2)cc1)Nc1ccc(F)cc1F. The van der Waals surface area contributed by atoms with Gasteiger partial charge in [0.1, 0.15) is 11.6 Å². The van der Waals surface area contributed by atoms with E-state index in [9.17, 15) is 26.8 Å². The number of ether oxygens (including phenoxy) is 1. The fourth-order valence-electron chi connectivity index (χ4n) is 3.01. The maximum Gasteiger partial charge on any atom is 0.338 e. The number of esters is 1. The normalized spacial score (nSPS) is 14.9. The Bertz CT molecular complexity index is 1040. The Kier molecular flexibility index (Phi) is 6.78. The molecular formula is C20H20F2N2O5S. The third-order valence-electron chi connectivity index (χ3n) is 4.58. The smallest absolute Gasteiger partial charge is 0.338 e. The molecule has 1 heterocycles. The zero-order valence-electron chi connectivity index (χ0n) is 15.9. The van der Waals surface area contributed by atoms with Crippen molar-refractivity contribution in [3.63, 3.8) is 0 Å². The number of sulfonamides is 1. The molecule has 1 saturated heterocycles. The van der Waals surface area contributed by atoms with Crippen LogP contribution in [0, 0.1) is 11.6 Å². The van der Waals surface area contributed by atoms with Gasteiger partial charge in [0.05, 0.1) is 16.1 Å². The number of hydrogen-bond acceptors (Lipinski definition) is 5. The van der Waals surface area contributed by atoms with Gasteiger partial charge in [-0.05, 0) is 49.2 Å². The number of benzene rings is 2. The van der Waals surface area contributed by atoms with E-state index in [-0.39, 0.29) is 16.1 Å². The Balaban J connectivity index is 1.57. The minimum absolute atomic E-state index is 0.0633. The first kappa shape index (κ1) is 21.8. The van der Waals surface area contributed by atoms with Crippen LogP contribution in [0.25, 0.3) is 0 Å². The van der Waals surface area contributed by atoms with Gasteiger partial charge in [0.15, 0.2) is 6.61 Å². The van der Waals surface area contributed by atoms with Crippen LogP contribution in [0.5, 0.6) is 0 Å². The number of nitrogens with one attached hydrogen (secondary N) is 1. The van der Waals surface area contributed by atoms with E-state index in [0.29, 0.717) is 19.2 Å². The van der Waals surface area contributed by atoms with Gasteiger partial charge in [-0.15, -0.1) is 0 Å². The highest BCUT2D eigenvalue weighted by molar-refractivity contribution is 7.89. The van der Waals surface area contributed by atoms with Crippen LogP contribution in [-0.2, 0) is 19.6 Å². The van der Waals surface area contributed by atoms with Crippen LogP contribution in [0.2, 0.25) is 0 Å². The number of rotatable bonds is 6. The Labute approximate surface area is 172 Å². The standard InChI is InChI=1S/C20H20F2N2O5S/c21-15-6-9-18(17(22)12-15)23-19(25)13-29-20(26)14-4-7-16(8-5-14)30(27,28)24-10-2-1-3-11-24/h4-9,12H,1-3,10-11,13H2,(H,23,25). The Morgan fingerprint density at radius 1 is 1.00 bits per heavy atom. The first-order chi connectivity index (χ1) is 14.3. The van der Waals surface area contributed by atoms with Gasteiger partial charge in [0, 0.05) is 19.2 Å². The molecule has 1 fully saturated rings. The third kappa shape index (κ3) is 5.19. The summed E-state index contributed by atoms with van der Waals surface area (Å²) in [6.07, 6.45) is 2.62. The molecule has 0 radical (unpaired) electrons. The molecule has 0 spiro atoms. The van der Waals surface area contributed by atoms with Gasteiger partial charge in [0.25, 0.3) is 5.91 Å². The summed E-state index contributed by atoms with van der Waals surface area (Å²) in [4.78, 5) is 24.0. The molecule has 0 aliphatic carbocycles. The molecule has 7 nitrogen and oxygen atoms in total. The Morgan fingerprint density at radius 3 is 2.30 bits per heavy atom. The summed E-state index contributed by atoms with van der Waals surface area (Å²) >= 11 is 0. The third-order valence-corrected chi connectivity index (χ3v) is 6.50. The van der Waals surface area contributed by atoms with Crippen molar-refractivity contribution in [2.75, 3.05) is 25.0 Å². The van der Waals surface area contributed by atoms with Crippen LogP contribution < -0.4 is 5.32 Å². The number of amides is 1. The van der Waals surface area contributed by atoms with E-state index in [2.05, 4.69) is 5.32 Å². The molecule has 0 unspecified atom stereocenters. The molecule has 0 bridgehead atoms. The van der Waals surface area contributed by atoms with E-state index < -0.39 is 40.1 Å². The van der Waals surface area contributed by atoms with E-state index in [4.69, 9.17) is 4.74 Å². The molecule has 2 aromatic rings. The van der Waals surface area contributed by atoms with Crippen molar-refractivity contribution in [2.45, 2.75) is 24.2 Å². The monoisotopic (exact) mass is 438 g/mol. The lowest BCUT2D eigenvalue weighted by Crippen LogP contribution is -2.35. The number of halogens is 2. The molecule has 1 amide bonds. The fraction of sp³-hybridized carbons (Fsp3) is 0.300. The summed E-state index contributed by atoms with van der Waals surface area (Å²) in [5.41, 5.74) is -0.182. The topological polar surface area (TPSA) is 92.8 Å². The number of carbonyl (C=O) groups is 2. The second-order valence-corrected chi connectivity index (χ2v) is 8.68. The molecule has 3 rings (SSSR count). The number of piperidine rings is 1. The van der Waals surface area contributed by atoms with Crippen molar-refractivity contribution < 1.29 is 31.5 Å². The highest BCUT2D eigenvalue weighted by Gasteiger charge is 2.26. The van der Waals surface area contributed by atoms with Crippen LogP contribution >= 0.6 is 0 Å². The number of hydrogen-bond donors (Lipinski definition) is 1. The predicted molar refractivity (Wildman–Crippen MR) is 104 cm³/mol. The van der Waals surface area contributed by atoms with Crippen molar-refractivity contribution in [3.8, 4) is 0 Å². The quantitative estimate of drug-likeness (QED) is 0.700. The fourth-order valence-corrected chi connectivity index (χ4v) is 4.53. The van der Waals surface area contributed by atoms with Gasteiger partial charge < -0.3 is 10.1 Å². The molecule has 0 atom stereocenters. The lowest BCUT2D eigenvalue weighted by Gasteiger charge is -2.25. The van der Waals surface area contributed by atoms with Crippen LogP contribution in [-0.4, -0.2) is 44.3 Å². The summed E-state index contributed by atoms with van der Waals surface area (Å²) in [5, 5.41) is 2.17. The molecule has 10 heteroatoms. The van der Waals surface area contributed by atoms with Gasteiger partial charge in [-0.25, -0.2) is 22.0 Å². The number of nitrogens with zero attached hydrogens (tertiary/aromatic N) is 1. The zero-order valence-corrected chi connectivity index (χ0v) is 16.8. The molecule has 2 aromatic carbocycles. The van der Waals surface area contributed by atoms with Crippen molar-refractivity contribution in [3.05, 3.63) is 59.7 Å². The molecule has 0 aromatic heterocycles. The molecule has 0 saturated carbocycles. The molecule has 30 heavy (non-hydrogen) atoms. The van der Waals surface area contributed by atoms with Gasteiger partial charge in [-0.3, -0.25) is 4.79 Å². The number of anilines is 1. The summed E-state index contributed by atoms with van der Waals surface area (Å²) in [6, 6.07) is 7.87. The molecule has 1 aliphatic rings. The number of carbonyl (C=O) groups excluding carboxylic acids is 2. The van der Waals surface area contributed by atoms with E-state index >= 15 is 0 Å². The largest absolute Gasteiger partial charge is 0.452 e. The summed E-state index contributed by atoms with van der Waals surface area (Å²) in [7, 11) is -3.62. The lowest BCUT2D eigenvalue weighted by molar-refractivity contribution is -0.119. The summed E-state index contributed by atoms with van der Waals surface area (Å²) < 4.78 is 57.9. The molecule has 160 valence electrons. The maximum absolute atomic E-state index is 13.5. The first-order valence-electron chi connectivity index (χ1n) is 9.29. The highest BCUT2D eigenvalue weighted by atomic mass is 32.2. The second-order valence-electron chi connectivity index (χ2n) is 6.74. The lowest BCUT2D eigenvalue weighted by atomic mass is 10.2. The molecular weight excluding hydrogens is 418 g/mol. The Hall–Kier alpha value is -2.85. The molecule has 1 aliphatic heterocycles. The summed E-state index contributed by atoms with van der Waals surface area (Å²) in [6.45, 7) is 0.245. The maximum atomic E-state index is 13.5. The van der Waals surface area contributed by atoms with Gasteiger partial charge in [-0.2, -0.15) is 4.31 Å². The van der Waals surface area contributed by atoms with E-state index in [1.807, 2.05) is 0 Å². The van der Waals surface area contributed by atoms with E-state index in [1.165, 1.54) is 28.6 Å². The van der Waals surface area contributed by atoms with Crippen molar-refractivity contribution in [2.24, 2.45) is 0 Å². The van der Waals surface area contributed by atoms with Gasteiger partial charge in [-0.1, -0.05) is 6.42 Å². The highest BCUT2D eigenvalue weighted by Crippen LogP contribution is 2.21. The first-order valence-corrected chi connectivity index (χ1v) is 10.7. The van der Waals surface area contributed by atoms with Crippen molar-refractivity contribution in [1.82, 2.24) is 4.31 Å². The van der Waals surface area contributed by atoms with Gasteiger partial charge >= 0.3 is 5.97 Å². The van der Waals surface area contributed by atoms with E-state index in [0.717, 1.165) is 31.4 Å². The average Bonchev–Trinajstić information content (AvgIpc) is 2.75. The molecule has 1 N–H and O–H groups in total. The van der Waals surface area contributed by atoms with Gasteiger partial charge in [0.2, 0.25) is 10.0 Å². The minimum atomic E-state index is -3.62. The zero-order chi connectivity index (χ0) is 21.7.